The number of para-hydroxylation sites is 2. The van der Waals surface area contributed by atoms with Gasteiger partial charge in [0, 0.05) is 33.0 Å². The minimum atomic E-state index is -2.98. The lowest BCUT2D eigenvalue weighted by molar-refractivity contribution is 0.592. The van der Waals surface area contributed by atoms with Crippen molar-refractivity contribution < 1.29 is 4.57 Å². The first-order chi connectivity index (χ1) is 19.2. The molecule has 6 aromatic rings. The Hall–Kier alpha value is -4.65. The normalized spacial score (nSPS) is 11.2. The van der Waals surface area contributed by atoms with Gasteiger partial charge in [-0.1, -0.05) is 133 Å². The van der Waals surface area contributed by atoms with E-state index in [2.05, 4.69) is 89.8 Å². The van der Waals surface area contributed by atoms with E-state index in [-0.39, 0.29) is 0 Å². The van der Waals surface area contributed by atoms with Crippen LogP contribution in [0.25, 0.3) is 11.1 Å². The van der Waals surface area contributed by atoms with Crippen molar-refractivity contribution in [1.82, 2.24) is 0 Å². The van der Waals surface area contributed by atoms with Gasteiger partial charge in [0.15, 0.2) is 7.14 Å². The second-order valence-corrected chi connectivity index (χ2v) is 12.1. The lowest BCUT2D eigenvalue weighted by Gasteiger charge is -2.25. The largest absolute Gasteiger partial charge is 0.311 e. The third kappa shape index (κ3) is 4.95. The Morgan fingerprint density at radius 3 is 1.05 bits per heavy atom. The molecule has 3 heteroatoms. The Bertz CT molecular complexity index is 1600. The predicted molar refractivity (Wildman–Crippen MR) is 166 cm³/mol. The molecule has 0 bridgehead atoms. The second kappa shape index (κ2) is 11.0. The molecule has 6 rings (SSSR count). The van der Waals surface area contributed by atoms with Crippen molar-refractivity contribution in [3.63, 3.8) is 0 Å². The molecule has 0 heterocycles. The molecule has 0 aliphatic heterocycles. The molecule has 39 heavy (non-hydrogen) atoms. The lowest BCUT2D eigenvalue weighted by Crippen LogP contribution is -2.24. The van der Waals surface area contributed by atoms with Gasteiger partial charge in [0.05, 0.1) is 0 Å². The Labute approximate surface area is 230 Å². The van der Waals surface area contributed by atoms with E-state index in [0.717, 1.165) is 44.1 Å². The summed E-state index contributed by atoms with van der Waals surface area (Å²) in [6, 6.07) is 57.2. The fraction of sp³-hybridized carbons (Fsp3) is 0. The summed E-state index contributed by atoms with van der Waals surface area (Å²) < 4.78 is 14.6. The highest BCUT2D eigenvalue weighted by Gasteiger charge is 2.29. The van der Waals surface area contributed by atoms with Gasteiger partial charge in [-0.25, -0.2) is 0 Å². The first-order valence-electron chi connectivity index (χ1n) is 13.1. The number of nitrogens with zero attached hydrogens (tertiary/aromatic N) is 1. The number of benzene rings is 6. The van der Waals surface area contributed by atoms with E-state index >= 15 is 0 Å². The van der Waals surface area contributed by atoms with Gasteiger partial charge in [-0.05, 0) is 47.5 Å². The van der Waals surface area contributed by atoms with E-state index in [1.54, 1.807) is 0 Å². The average molecular weight is 522 g/mol. The summed E-state index contributed by atoms with van der Waals surface area (Å²) in [7, 11) is -2.98. The average Bonchev–Trinajstić information content (AvgIpc) is 3.03. The molecule has 0 spiro atoms. The van der Waals surface area contributed by atoms with Crippen molar-refractivity contribution in [2.75, 3.05) is 4.90 Å². The minimum absolute atomic E-state index is 0.833. The topological polar surface area (TPSA) is 20.3 Å². The van der Waals surface area contributed by atoms with Crippen LogP contribution in [0.3, 0.4) is 0 Å². The third-order valence-electron chi connectivity index (χ3n) is 6.96. The molecule has 0 amide bonds. The Morgan fingerprint density at radius 2 is 0.641 bits per heavy atom. The van der Waals surface area contributed by atoms with E-state index in [0.29, 0.717) is 0 Å². The van der Waals surface area contributed by atoms with Crippen LogP contribution < -0.4 is 20.8 Å². The van der Waals surface area contributed by atoms with Crippen molar-refractivity contribution in [3.8, 4) is 11.1 Å². The molecule has 0 aliphatic rings. The molecule has 0 fully saturated rings. The molecule has 0 aliphatic carbocycles. The smallest absolute Gasteiger partial charge is 0.171 e. The molecular formula is C36H28NOP. The van der Waals surface area contributed by atoms with Gasteiger partial charge in [0.2, 0.25) is 0 Å². The standard InChI is InChI=1S/C36H28NOP/c38-39(34-17-9-3-10-18-34,35-19-11-4-12-20-35)36-27-23-30(24-28-36)29-21-25-33(26-22-29)37(31-13-5-1-6-14-31)32-15-7-2-8-16-32/h1-28H. The molecular weight excluding hydrogens is 493 g/mol. The molecule has 0 aromatic heterocycles. The highest BCUT2D eigenvalue weighted by atomic mass is 31.2. The summed E-state index contributed by atoms with van der Waals surface area (Å²) in [5.41, 5.74) is 5.51. The highest BCUT2D eigenvalue weighted by molar-refractivity contribution is 7.85. The highest BCUT2D eigenvalue weighted by Crippen LogP contribution is 2.42. The second-order valence-electron chi connectivity index (χ2n) is 9.38. The van der Waals surface area contributed by atoms with Crippen LogP contribution >= 0.6 is 7.14 Å². The molecule has 0 saturated carbocycles. The summed E-state index contributed by atoms with van der Waals surface area (Å²) in [4.78, 5) is 2.25. The maximum atomic E-state index is 14.6. The van der Waals surface area contributed by atoms with Gasteiger partial charge in [0.1, 0.15) is 0 Å². The quantitative estimate of drug-likeness (QED) is 0.196. The fourth-order valence-corrected chi connectivity index (χ4v) is 7.64. The fourth-order valence-electron chi connectivity index (χ4n) is 4.99. The molecule has 0 unspecified atom stereocenters. The van der Waals surface area contributed by atoms with Crippen molar-refractivity contribution >= 4 is 40.1 Å². The number of hydrogen-bond donors (Lipinski definition) is 0. The lowest BCUT2D eigenvalue weighted by atomic mass is 10.0. The van der Waals surface area contributed by atoms with Crippen molar-refractivity contribution in [2.45, 2.75) is 0 Å². The zero-order valence-corrected chi connectivity index (χ0v) is 22.4. The van der Waals surface area contributed by atoms with Crippen LogP contribution in [0.1, 0.15) is 0 Å². The minimum Gasteiger partial charge on any atom is -0.311 e. The number of hydrogen-bond acceptors (Lipinski definition) is 2. The van der Waals surface area contributed by atoms with Gasteiger partial charge in [-0.3, -0.25) is 0 Å². The number of rotatable bonds is 7. The molecule has 6 aromatic carbocycles. The van der Waals surface area contributed by atoms with Crippen LogP contribution in [0.4, 0.5) is 17.1 Å². The van der Waals surface area contributed by atoms with Gasteiger partial charge in [-0.2, -0.15) is 0 Å². The van der Waals surface area contributed by atoms with Crippen LogP contribution in [-0.2, 0) is 4.57 Å². The summed E-state index contributed by atoms with van der Waals surface area (Å²) in [6.07, 6.45) is 0. The van der Waals surface area contributed by atoms with E-state index in [1.807, 2.05) is 84.9 Å². The van der Waals surface area contributed by atoms with Crippen LogP contribution in [0, 0.1) is 0 Å². The molecule has 0 atom stereocenters. The van der Waals surface area contributed by atoms with E-state index in [4.69, 9.17) is 0 Å². The molecule has 0 N–H and O–H groups in total. The van der Waals surface area contributed by atoms with Crippen molar-refractivity contribution in [2.24, 2.45) is 0 Å². The van der Waals surface area contributed by atoms with Crippen LogP contribution in [0.5, 0.6) is 0 Å². The van der Waals surface area contributed by atoms with E-state index in [9.17, 15) is 4.57 Å². The Balaban J connectivity index is 1.34. The van der Waals surface area contributed by atoms with Gasteiger partial charge in [0.25, 0.3) is 0 Å². The summed E-state index contributed by atoms with van der Waals surface area (Å²) in [5.74, 6) is 0. The first-order valence-corrected chi connectivity index (χ1v) is 14.8. The van der Waals surface area contributed by atoms with Gasteiger partial charge < -0.3 is 9.46 Å². The number of anilines is 3. The van der Waals surface area contributed by atoms with Crippen LogP contribution in [0.15, 0.2) is 170 Å². The summed E-state index contributed by atoms with van der Waals surface area (Å²) in [5, 5.41) is 2.52. The SMILES string of the molecule is O=P(c1ccccc1)(c1ccccc1)c1ccc(-c2ccc(N(c3ccccc3)c3ccccc3)cc2)cc1. The third-order valence-corrected chi connectivity index (χ3v) is 10.0. The van der Waals surface area contributed by atoms with Gasteiger partial charge >= 0.3 is 0 Å². The molecule has 0 radical (unpaired) electrons. The summed E-state index contributed by atoms with van der Waals surface area (Å²) in [6.45, 7) is 0. The monoisotopic (exact) mass is 521 g/mol. The van der Waals surface area contributed by atoms with E-state index < -0.39 is 7.14 Å². The zero-order chi connectivity index (χ0) is 26.5. The Kier molecular flexibility index (Phi) is 6.95. The molecule has 188 valence electrons. The first kappa shape index (κ1) is 24.7. The van der Waals surface area contributed by atoms with Gasteiger partial charge in [-0.15, -0.1) is 0 Å². The summed E-state index contributed by atoms with van der Waals surface area (Å²) >= 11 is 0. The Morgan fingerprint density at radius 1 is 0.333 bits per heavy atom. The molecule has 0 saturated heterocycles. The molecule has 2 nitrogen and oxygen atoms in total. The predicted octanol–water partition coefficient (Wildman–Crippen LogP) is 8.46. The van der Waals surface area contributed by atoms with Crippen LogP contribution in [-0.4, -0.2) is 0 Å². The maximum absolute atomic E-state index is 14.6. The van der Waals surface area contributed by atoms with Crippen molar-refractivity contribution in [1.29, 1.82) is 0 Å². The zero-order valence-electron chi connectivity index (χ0n) is 21.5. The maximum Gasteiger partial charge on any atom is 0.171 e. The van der Waals surface area contributed by atoms with Crippen LogP contribution in [0.2, 0.25) is 0 Å². The van der Waals surface area contributed by atoms with Crippen molar-refractivity contribution in [3.05, 3.63) is 170 Å². The van der Waals surface area contributed by atoms with E-state index in [1.165, 1.54) is 0 Å².